The number of hydrogen-bond acceptors (Lipinski definition) is 5. The molecule has 76 valence electrons. The third-order valence-electron chi connectivity index (χ3n) is 1.66. The molecule has 1 aromatic carbocycles. The Kier molecular flexibility index (Phi) is 3.14. The first-order valence-electron chi connectivity index (χ1n) is 3.79. The number of phenols is 2. The molecule has 0 amide bonds. The smallest absolute Gasteiger partial charge is 0.169 e. The summed E-state index contributed by atoms with van der Waals surface area (Å²) in [6.07, 6.45) is 0.112. The summed E-state index contributed by atoms with van der Waals surface area (Å²) in [5, 5.41) is 37.7. The lowest BCUT2D eigenvalue weighted by Crippen LogP contribution is -2.21. The summed E-state index contributed by atoms with van der Waals surface area (Å²) in [6, 6.07) is 4.13. The number of oxime groups is 1. The van der Waals surface area contributed by atoms with Crippen molar-refractivity contribution in [1.29, 1.82) is 0 Å². The number of phenolic OH excluding ortho intramolecular Hbond substituents is 2. The maximum atomic E-state index is 9.12. The fourth-order valence-corrected chi connectivity index (χ4v) is 0.970. The van der Waals surface area contributed by atoms with Gasteiger partial charge in [0.1, 0.15) is 0 Å². The van der Waals surface area contributed by atoms with Crippen LogP contribution in [0.15, 0.2) is 23.4 Å². The van der Waals surface area contributed by atoms with Crippen LogP contribution in [0.1, 0.15) is 5.56 Å². The molecule has 0 fully saturated rings. The number of nitrogens with one attached hydrogen (secondary N) is 1. The molecule has 0 atom stereocenters. The Morgan fingerprint density at radius 3 is 2.50 bits per heavy atom. The Balaban J connectivity index is 2.82. The van der Waals surface area contributed by atoms with Gasteiger partial charge in [-0.05, 0) is 17.7 Å². The summed E-state index contributed by atoms with van der Waals surface area (Å²) in [5.74, 6) is -0.555. The van der Waals surface area contributed by atoms with Crippen LogP contribution in [0.3, 0.4) is 0 Å². The molecule has 0 heterocycles. The second-order valence-electron chi connectivity index (χ2n) is 2.66. The first-order chi connectivity index (χ1) is 6.67. The van der Waals surface area contributed by atoms with Crippen molar-refractivity contribution in [3.8, 4) is 11.5 Å². The summed E-state index contributed by atoms with van der Waals surface area (Å²) in [6.45, 7) is 0. The van der Waals surface area contributed by atoms with Crippen LogP contribution >= 0.6 is 0 Å². The van der Waals surface area contributed by atoms with E-state index in [0.717, 1.165) is 0 Å². The number of rotatable bonds is 2. The average Bonchev–Trinajstić information content (AvgIpc) is 2.19. The number of benzene rings is 1. The number of aromatic hydroxyl groups is 2. The van der Waals surface area contributed by atoms with Crippen LogP contribution < -0.4 is 5.48 Å². The third-order valence-corrected chi connectivity index (χ3v) is 1.66. The van der Waals surface area contributed by atoms with Gasteiger partial charge in [-0.15, -0.1) is 0 Å². The Hall–Kier alpha value is -1.95. The monoisotopic (exact) mass is 198 g/mol. The van der Waals surface area contributed by atoms with Crippen LogP contribution in [-0.2, 0) is 6.42 Å². The molecule has 6 heteroatoms. The Bertz CT molecular complexity index is 351. The topological polar surface area (TPSA) is 105 Å². The largest absolute Gasteiger partial charge is 0.504 e. The molecule has 6 nitrogen and oxygen atoms in total. The van der Waals surface area contributed by atoms with E-state index in [9.17, 15) is 0 Å². The number of amidine groups is 1. The van der Waals surface area contributed by atoms with Gasteiger partial charge < -0.3 is 15.4 Å². The normalized spacial score (nSPS) is 11.4. The van der Waals surface area contributed by atoms with Crippen molar-refractivity contribution in [2.24, 2.45) is 5.16 Å². The van der Waals surface area contributed by atoms with Gasteiger partial charge in [-0.3, -0.25) is 10.7 Å². The van der Waals surface area contributed by atoms with Crippen molar-refractivity contribution in [2.75, 3.05) is 0 Å². The molecule has 0 aromatic heterocycles. The number of hydroxylamine groups is 1. The fourth-order valence-electron chi connectivity index (χ4n) is 0.970. The Labute approximate surface area is 79.7 Å². The molecular formula is C8H10N2O4. The van der Waals surface area contributed by atoms with Crippen molar-refractivity contribution in [3.63, 3.8) is 0 Å². The molecule has 0 unspecified atom stereocenters. The van der Waals surface area contributed by atoms with E-state index in [2.05, 4.69) is 5.16 Å². The zero-order valence-electron chi connectivity index (χ0n) is 7.18. The maximum Gasteiger partial charge on any atom is 0.169 e. The first-order valence-corrected chi connectivity index (χ1v) is 3.79. The van der Waals surface area contributed by atoms with E-state index >= 15 is 0 Å². The molecule has 14 heavy (non-hydrogen) atoms. The van der Waals surface area contributed by atoms with E-state index in [1.54, 1.807) is 5.48 Å². The van der Waals surface area contributed by atoms with Crippen molar-refractivity contribution in [1.82, 2.24) is 5.48 Å². The summed E-state index contributed by atoms with van der Waals surface area (Å²) >= 11 is 0. The van der Waals surface area contributed by atoms with Gasteiger partial charge in [0, 0.05) is 6.42 Å². The predicted molar refractivity (Wildman–Crippen MR) is 47.6 cm³/mol. The van der Waals surface area contributed by atoms with Gasteiger partial charge in [0.05, 0.1) is 0 Å². The molecule has 1 aromatic rings. The van der Waals surface area contributed by atoms with Crippen molar-refractivity contribution < 1.29 is 20.6 Å². The van der Waals surface area contributed by atoms with E-state index in [0.29, 0.717) is 5.56 Å². The van der Waals surface area contributed by atoms with E-state index in [1.165, 1.54) is 18.2 Å². The quantitative estimate of drug-likeness (QED) is 0.155. The minimum atomic E-state index is -0.266. The average molecular weight is 198 g/mol. The second kappa shape index (κ2) is 4.33. The molecule has 0 aliphatic rings. The molecule has 0 aliphatic heterocycles. The zero-order valence-corrected chi connectivity index (χ0v) is 7.18. The maximum absolute atomic E-state index is 9.12. The van der Waals surface area contributed by atoms with Crippen molar-refractivity contribution in [2.45, 2.75) is 6.42 Å². The highest BCUT2D eigenvalue weighted by atomic mass is 16.5. The lowest BCUT2D eigenvalue weighted by atomic mass is 10.1. The third kappa shape index (κ3) is 2.27. The summed E-state index contributed by atoms with van der Waals surface area (Å²) in [5.41, 5.74) is 2.27. The van der Waals surface area contributed by atoms with Crippen LogP contribution in [0.4, 0.5) is 0 Å². The van der Waals surface area contributed by atoms with Gasteiger partial charge in [0.25, 0.3) is 0 Å². The molecule has 1 rings (SSSR count). The SMILES string of the molecule is ON=C(Cc1ccc(O)c(O)c1)NO. The lowest BCUT2D eigenvalue weighted by molar-refractivity contribution is 0.220. The molecule has 0 saturated heterocycles. The minimum absolute atomic E-state index is 0.0601. The minimum Gasteiger partial charge on any atom is -0.504 e. The predicted octanol–water partition coefficient (Wildman–Crippen LogP) is 0.407. The van der Waals surface area contributed by atoms with Gasteiger partial charge in [-0.1, -0.05) is 11.2 Å². The van der Waals surface area contributed by atoms with Crippen molar-refractivity contribution in [3.05, 3.63) is 23.8 Å². The molecular weight excluding hydrogens is 188 g/mol. The van der Waals surface area contributed by atoms with E-state index in [1.807, 2.05) is 0 Å². The first kappa shape index (κ1) is 10.1. The highest BCUT2D eigenvalue weighted by molar-refractivity contribution is 5.82. The fraction of sp³-hybridized carbons (Fsp3) is 0.125. The highest BCUT2D eigenvalue weighted by Gasteiger charge is 2.04. The van der Waals surface area contributed by atoms with Crippen LogP contribution in [0, 0.1) is 0 Å². The van der Waals surface area contributed by atoms with Crippen LogP contribution in [0.25, 0.3) is 0 Å². The molecule has 0 spiro atoms. The van der Waals surface area contributed by atoms with Gasteiger partial charge in [0.2, 0.25) is 0 Å². The highest BCUT2D eigenvalue weighted by Crippen LogP contribution is 2.24. The Morgan fingerprint density at radius 2 is 2.00 bits per heavy atom. The summed E-state index contributed by atoms with van der Waals surface area (Å²) < 4.78 is 0. The molecule has 0 aliphatic carbocycles. The van der Waals surface area contributed by atoms with E-state index in [-0.39, 0.29) is 23.8 Å². The van der Waals surface area contributed by atoms with Crippen molar-refractivity contribution >= 4 is 5.84 Å². The standard InChI is InChI=1S/C8H10N2O4/c11-6-2-1-5(3-7(6)12)4-8(9-13)10-14/h1-3,11-14H,4H2,(H,9,10). The molecule has 5 N–H and O–H groups in total. The van der Waals surface area contributed by atoms with Gasteiger partial charge >= 0.3 is 0 Å². The summed E-state index contributed by atoms with van der Waals surface area (Å²) in [4.78, 5) is 0. The Morgan fingerprint density at radius 1 is 1.29 bits per heavy atom. The number of nitrogens with zero attached hydrogens (tertiary/aromatic N) is 1. The van der Waals surface area contributed by atoms with E-state index < -0.39 is 0 Å². The van der Waals surface area contributed by atoms with Gasteiger partial charge in [-0.25, -0.2) is 0 Å². The summed E-state index contributed by atoms with van der Waals surface area (Å²) in [7, 11) is 0. The van der Waals surface area contributed by atoms with Gasteiger partial charge in [-0.2, -0.15) is 0 Å². The van der Waals surface area contributed by atoms with Gasteiger partial charge in [0.15, 0.2) is 17.3 Å². The van der Waals surface area contributed by atoms with Crippen LogP contribution in [-0.4, -0.2) is 26.5 Å². The zero-order chi connectivity index (χ0) is 10.6. The molecule has 0 bridgehead atoms. The van der Waals surface area contributed by atoms with Crippen LogP contribution in [0.2, 0.25) is 0 Å². The molecule has 0 saturated carbocycles. The second-order valence-corrected chi connectivity index (χ2v) is 2.66. The molecule has 0 radical (unpaired) electrons. The lowest BCUT2D eigenvalue weighted by Gasteiger charge is -2.03. The van der Waals surface area contributed by atoms with Crippen LogP contribution in [0.5, 0.6) is 11.5 Å². The van der Waals surface area contributed by atoms with E-state index in [4.69, 9.17) is 20.6 Å². The number of hydrogen-bond donors (Lipinski definition) is 5.